The van der Waals surface area contributed by atoms with Crippen molar-refractivity contribution in [2.45, 2.75) is 69.6 Å². The van der Waals surface area contributed by atoms with Crippen LogP contribution >= 0.6 is 11.6 Å². The molecule has 44 heavy (non-hydrogen) atoms. The van der Waals surface area contributed by atoms with Crippen LogP contribution in [0.25, 0.3) is 16.6 Å². The SMILES string of the molecule is CC(C)(O)CN[C@]12C[C@@H]3C[C@H](C1)[C@@H](NC(=O)c1ccc(Cc4cn(-c5ccccc5)c5cc(Cl)ccc5c4=O)cc1)[C@@H](C3)C2. The van der Waals surface area contributed by atoms with Crippen molar-refractivity contribution in [3.05, 3.63) is 111 Å². The Morgan fingerprint density at radius 3 is 2.39 bits per heavy atom. The highest BCUT2D eigenvalue weighted by molar-refractivity contribution is 6.31. The van der Waals surface area contributed by atoms with Crippen molar-refractivity contribution >= 4 is 28.4 Å². The molecule has 0 aliphatic heterocycles. The predicted molar refractivity (Wildman–Crippen MR) is 176 cm³/mol. The van der Waals surface area contributed by atoms with Gasteiger partial charge in [-0.05, 0) is 112 Å². The van der Waals surface area contributed by atoms with E-state index in [-0.39, 0.29) is 22.9 Å². The zero-order valence-electron chi connectivity index (χ0n) is 25.4. The quantitative estimate of drug-likeness (QED) is 0.220. The van der Waals surface area contributed by atoms with E-state index in [1.165, 1.54) is 19.3 Å². The van der Waals surface area contributed by atoms with Crippen LogP contribution in [0.4, 0.5) is 0 Å². The van der Waals surface area contributed by atoms with Crippen molar-refractivity contribution in [1.82, 2.24) is 15.2 Å². The lowest BCUT2D eigenvalue weighted by Crippen LogP contribution is -2.66. The Morgan fingerprint density at radius 1 is 1.00 bits per heavy atom. The predicted octanol–water partition coefficient (Wildman–Crippen LogP) is 6.27. The smallest absolute Gasteiger partial charge is 0.251 e. The van der Waals surface area contributed by atoms with Crippen LogP contribution in [-0.2, 0) is 6.42 Å². The van der Waals surface area contributed by atoms with Gasteiger partial charge in [-0.25, -0.2) is 0 Å². The molecular weight excluding hydrogens is 570 g/mol. The molecule has 1 heterocycles. The highest BCUT2D eigenvalue weighted by Gasteiger charge is 2.55. The summed E-state index contributed by atoms with van der Waals surface area (Å²) in [5.74, 6) is 1.61. The van der Waals surface area contributed by atoms with Gasteiger partial charge in [-0.15, -0.1) is 0 Å². The maximum atomic E-state index is 13.5. The number of β-amino-alcohol motifs (C(OH)–C–C–N with tert-alkyl or cyclic N) is 1. The molecule has 0 radical (unpaired) electrons. The number of aromatic nitrogens is 1. The van der Waals surface area contributed by atoms with Gasteiger partial charge in [-0.1, -0.05) is 41.9 Å². The van der Waals surface area contributed by atoms with Crippen molar-refractivity contribution < 1.29 is 9.90 Å². The molecule has 5 atom stereocenters. The molecule has 4 fully saturated rings. The number of nitrogens with zero attached hydrogens (tertiary/aromatic N) is 1. The first-order valence-corrected chi connectivity index (χ1v) is 16.2. The molecule has 228 valence electrons. The van der Waals surface area contributed by atoms with Crippen LogP contribution in [0.2, 0.25) is 5.02 Å². The van der Waals surface area contributed by atoms with Gasteiger partial charge in [0.15, 0.2) is 5.43 Å². The Bertz CT molecular complexity index is 1740. The third kappa shape index (κ3) is 5.71. The molecule has 7 heteroatoms. The molecule has 4 aromatic rings. The van der Waals surface area contributed by atoms with Crippen molar-refractivity contribution in [1.29, 1.82) is 0 Å². The van der Waals surface area contributed by atoms with Crippen molar-refractivity contribution in [3.8, 4) is 5.69 Å². The van der Waals surface area contributed by atoms with Crippen molar-refractivity contribution in [2.75, 3.05) is 6.54 Å². The summed E-state index contributed by atoms with van der Waals surface area (Å²) in [5.41, 5.74) is 3.37. The normalized spacial score (nSPS) is 25.8. The molecule has 1 amide bonds. The average molecular weight is 610 g/mol. The Labute approximate surface area is 263 Å². The number of nitrogens with one attached hydrogen (secondary N) is 2. The molecule has 3 N–H and O–H groups in total. The van der Waals surface area contributed by atoms with Gasteiger partial charge in [0, 0.05) is 58.0 Å². The first-order chi connectivity index (χ1) is 21.1. The van der Waals surface area contributed by atoms with E-state index in [2.05, 4.69) is 10.6 Å². The zero-order valence-corrected chi connectivity index (χ0v) is 26.1. The second-order valence-electron chi connectivity index (χ2n) is 14.1. The number of para-hydroxylation sites is 1. The fourth-order valence-electron chi connectivity index (χ4n) is 8.39. The average Bonchev–Trinajstić information content (AvgIpc) is 2.99. The van der Waals surface area contributed by atoms with Gasteiger partial charge >= 0.3 is 0 Å². The Morgan fingerprint density at radius 2 is 1.70 bits per heavy atom. The summed E-state index contributed by atoms with van der Waals surface area (Å²) in [6, 6.07) is 23.2. The van der Waals surface area contributed by atoms with Crippen LogP contribution in [0.3, 0.4) is 0 Å². The van der Waals surface area contributed by atoms with Crippen molar-refractivity contribution in [2.24, 2.45) is 17.8 Å². The van der Waals surface area contributed by atoms with Crippen molar-refractivity contribution in [3.63, 3.8) is 0 Å². The number of aliphatic hydroxyl groups is 1. The number of carbonyl (C=O) groups is 1. The molecule has 3 aromatic carbocycles. The molecule has 1 aromatic heterocycles. The van der Waals surface area contributed by atoms with Gasteiger partial charge in [0.05, 0.1) is 11.1 Å². The number of pyridine rings is 1. The zero-order chi connectivity index (χ0) is 30.6. The minimum Gasteiger partial charge on any atom is -0.389 e. The fraction of sp³-hybridized carbons (Fsp3) is 0.405. The Hall–Kier alpha value is -3.45. The maximum Gasteiger partial charge on any atom is 0.251 e. The Kier molecular flexibility index (Phi) is 7.43. The minimum absolute atomic E-state index is 0.0117. The summed E-state index contributed by atoms with van der Waals surface area (Å²) in [7, 11) is 0. The van der Waals surface area contributed by atoms with Gasteiger partial charge in [0.2, 0.25) is 0 Å². The minimum atomic E-state index is -0.732. The molecule has 4 aliphatic carbocycles. The molecule has 8 rings (SSSR count). The number of hydrogen-bond acceptors (Lipinski definition) is 4. The number of rotatable bonds is 8. The van der Waals surface area contributed by atoms with Gasteiger partial charge in [-0.3, -0.25) is 9.59 Å². The van der Waals surface area contributed by atoms with E-state index in [4.69, 9.17) is 11.6 Å². The third-order valence-corrected chi connectivity index (χ3v) is 10.4. The molecular formula is C37H40ClN3O3. The van der Waals surface area contributed by atoms with E-state index in [1.54, 1.807) is 12.1 Å². The molecule has 4 aliphatic rings. The standard InChI is InChI=1S/C37H40ClN3O3/c1-36(2,44)22-39-37-18-24-15-26(19-37)33(27(16-24)20-37)40-35(43)25-10-8-23(9-11-25)14-28-21-41(30-6-4-3-5-7-30)32-17-29(38)12-13-31(32)34(28)42/h3-13,17,21,24,26-27,33,39,44H,14-16,18-20,22H2,1-2H3,(H,40,43)/t24-,26-,27+,33-,37-. The third-order valence-electron chi connectivity index (χ3n) is 10.2. The second kappa shape index (κ2) is 11.2. The lowest BCUT2D eigenvalue weighted by molar-refractivity contribution is -0.0528. The van der Waals surface area contributed by atoms with E-state index in [9.17, 15) is 14.7 Å². The van der Waals surface area contributed by atoms with Gasteiger partial charge in [0.1, 0.15) is 0 Å². The first kappa shape index (κ1) is 29.3. The monoisotopic (exact) mass is 609 g/mol. The molecule has 0 spiro atoms. The Balaban J connectivity index is 1.07. The van der Waals surface area contributed by atoms with Crippen LogP contribution < -0.4 is 16.1 Å². The van der Waals surface area contributed by atoms with E-state index >= 15 is 0 Å². The van der Waals surface area contributed by atoms with Crippen LogP contribution in [0.15, 0.2) is 83.8 Å². The lowest BCUT2D eigenvalue weighted by Gasteiger charge is -2.60. The van der Waals surface area contributed by atoms with E-state index in [1.807, 2.05) is 85.3 Å². The number of amides is 1. The number of carbonyl (C=O) groups excluding carboxylic acids is 1. The van der Waals surface area contributed by atoms with Gasteiger partial charge in [0.25, 0.3) is 5.91 Å². The number of halogens is 1. The molecule has 4 saturated carbocycles. The topological polar surface area (TPSA) is 83.4 Å². The summed E-state index contributed by atoms with van der Waals surface area (Å²) < 4.78 is 2.02. The van der Waals surface area contributed by atoms with E-state index < -0.39 is 5.60 Å². The molecule has 4 bridgehead atoms. The van der Waals surface area contributed by atoms with Crippen LogP contribution in [0.5, 0.6) is 0 Å². The molecule has 0 saturated heterocycles. The van der Waals surface area contributed by atoms with Crippen LogP contribution in [-0.4, -0.2) is 39.3 Å². The second-order valence-corrected chi connectivity index (χ2v) is 14.6. The largest absolute Gasteiger partial charge is 0.389 e. The van der Waals surface area contributed by atoms with Crippen LogP contribution in [0.1, 0.15) is 67.4 Å². The summed E-state index contributed by atoms with van der Waals surface area (Å²) in [4.78, 5) is 27.0. The highest BCUT2D eigenvalue weighted by atomic mass is 35.5. The number of hydrogen-bond donors (Lipinski definition) is 3. The summed E-state index contributed by atoms with van der Waals surface area (Å²) >= 11 is 6.31. The number of fused-ring (bicyclic) bond motifs is 1. The lowest BCUT2D eigenvalue weighted by atomic mass is 9.51. The molecule has 6 nitrogen and oxygen atoms in total. The maximum absolute atomic E-state index is 13.5. The van der Waals surface area contributed by atoms with E-state index in [0.29, 0.717) is 52.3 Å². The molecule has 0 unspecified atom stereocenters. The fourth-order valence-corrected chi connectivity index (χ4v) is 8.56. The van der Waals surface area contributed by atoms with Gasteiger partial charge < -0.3 is 20.3 Å². The van der Waals surface area contributed by atoms with Crippen LogP contribution in [0, 0.1) is 17.8 Å². The highest BCUT2D eigenvalue weighted by Crippen LogP contribution is 2.55. The number of benzene rings is 3. The first-order valence-electron chi connectivity index (χ1n) is 15.8. The summed E-state index contributed by atoms with van der Waals surface area (Å²) in [5, 5.41) is 18.7. The summed E-state index contributed by atoms with van der Waals surface area (Å²) in [6.45, 7) is 4.30. The van der Waals surface area contributed by atoms with E-state index in [0.717, 1.165) is 29.6 Å². The van der Waals surface area contributed by atoms with Gasteiger partial charge in [-0.2, -0.15) is 0 Å². The summed E-state index contributed by atoms with van der Waals surface area (Å²) in [6.07, 6.45) is 8.00.